The Kier molecular flexibility index (Phi) is 8.77. The minimum Gasteiger partial charge on any atom is -0.476 e. The van der Waals surface area contributed by atoms with Gasteiger partial charge in [0.05, 0.1) is 6.04 Å². The molecule has 0 unspecified atom stereocenters. The van der Waals surface area contributed by atoms with E-state index in [4.69, 9.17) is 10.2 Å². The Bertz CT molecular complexity index is 1420. The number of hydrogen-bond donors (Lipinski definition) is 3. The molecule has 0 bridgehead atoms. The summed E-state index contributed by atoms with van der Waals surface area (Å²) in [6, 6.07) is 5.17. The number of aromatic carboxylic acids is 1. The Morgan fingerprint density at radius 1 is 1.18 bits per heavy atom. The lowest BCUT2D eigenvalue weighted by Gasteiger charge is -2.35. The topological polar surface area (TPSA) is 163 Å². The minimum absolute atomic E-state index is 0.0102. The third-order valence-corrected chi connectivity index (χ3v) is 9.02. The third kappa shape index (κ3) is 6.18. The van der Waals surface area contributed by atoms with Crippen LogP contribution in [0.1, 0.15) is 79.7 Å². The number of carbonyl (C=O) groups excluding carboxylic acids is 1. The Labute approximate surface area is 228 Å². The second-order valence-corrected chi connectivity index (χ2v) is 12.3. The average Bonchev–Trinajstić information content (AvgIpc) is 3.34. The lowest BCUT2D eigenvalue weighted by molar-refractivity contribution is -0.130. The number of benzene rings is 1. The van der Waals surface area contributed by atoms with Gasteiger partial charge in [-0.1, -0.05) is 44.9 Å². The molecule has 1 fully saturated rings. The van der Waals surface area contributed by atoms with Crippen LogP contribution in [0.3, 0.4) is 0 Å². The number of nitrogens with one attached hydrogen (secondary N) is 1. The monoisotopic (exact) mass is 559 g/mol. The maximum absolute atomic E-state index is 14.3. The zero-order valence-corrected chi connectivity index (χ0v) is 23.4. The van der Waals surface area contributed by atoms with Gasteiger partial charge in [-0.15, -0.1) is 0 Å². The van der Waals surface area contributed by atoms with Crippen molar-refractivity contribution in [3.05, 3.63) is 53.4 Å². The predicted octanol–water partition coefficient (Wildman–Crippen LogP) is 3.77. The van der Waals surface area contributed by atoms with Crippen molar-refractivity contribution >= 4 is 33.0 Å². The summed E-state index contributed by atoms with van der Waals surface area (Å²) in [5.74, 6) is -2.18. The second kappa shape index (κ2) is 11.9. The average molecular weight is 560 g/mol. The number of rotatable bonds is 10. The van der Waals surface area contributed by atoms with E-state index in [0.717, 1.165) is 33.6 Å². The summed E-state index contributed by atoms with van der Waals surface area (Å²) >= 11 is 0. The quantitative estimate of drug-likeness (QED) is 0.338. The van der Waals surface area contributed by atoms with E-state index in [1.165, 1.54) is 11.2 Å². The number of fused-ring (bicyclic) bond motifs is 1. The number of H-pyrrole nitrogens is 1. The van der Waals surface area contributed by atoms with Crippen LogP contribution in [-0.4, -0.2) is 63.1 Å². The number of oxazole rings is 1. The normalized spacial score (nSPS) is 16.7. The summed E-state index contributed by atoms with van der Waals surface area (Å²) in [7, 11) is -4.38. The lowest BCUT2D eigenvalue weighted by atomic mass is 10.0. The van der Waals surface area contributed by atoms with Gasteiger partial charge in [-0.05, 0) is 43.7 Å². The van der Waals surface area contributed by atoms with Gasteiger partial charge in [-0.3, -0.25) is 4.79 Å². The number of aryl methyl sites for hydroxylation is 1. The number of carboxylic acids is 1. The molecule has 0 spiro atoms. The van der Waals surface area contributed by atoms with Crippen LogP contribution in [0.5, 0.6) is 0 Å². The van der Waals surface area contributed by atoms with E-state index in [0.29, 0.717) is 12.8 Å². The van der Waals surface area contributed by atoms with E-state index in [2.05, 4.69) is 9.97 Å². The summed E-state index contributed by atoms with van der Waals surface area (Å²) in [4.78, 5) is 33.1. The standard InChI is InChI=1S/C27H37N5O6S/c1-17(2)14-21(28)26(33)32(39(36,37)31-12-8-4-5-9-13-31)23(25-30-24(27(34)35)18(3)38-25)15-19-16-29-22-11-7-6-10-20(19)22/h6-7,10-11,16-17,21,23,29H,4-5,8-9,12-15,28H2,1-3H3,(H,34,35)/t21-,23+/m0/s1. The van der Waals surface area contributed by atoms with Crippen LogP contribution < -0.4 is 5.73 Å². The van der Waals surface area contributed by atoms with Crippen LogP contribution in [0.25, 0.3) is 10.9 Å². The number of carbonyl (C=O) groups is 2. The smallest absolute Gasteiger partial charge is 0.358 e. The fourth-order valence-corrected chi connectivity index (χ4v) is 6.95. The number of aromatic nitrogens is 2. The molecule has 4 rings (SSSR count). The molecule has 1 aliphatic heterocycles. The van der Waals surface area contributed by atoms with Crippen LogP contribution in [-0.2, 0) is 21.4 Å². The van der Waals surface area contributed by atoms with E-state index < -0.39 is 34.2 Å². The molecular weight excluding hydrogens is 522 g/mol. The highest BCUT2D eigenvalue weighted by atomic mass is 32.2. The molecule has 1 amide bonds. The highest BCUT2D eigenvalue weighted by molar-refractivity contribution is 7.87. The summed E-state index contributed by atoms with van der Waals surface area (Å²) in [6.07, 6.45) is 5.17. The third-order valence-electron chi connectivity index (χ3n) is 7.07. The molecule has 1 aliphatic rings. The van der Waals surface area contributed by atoms with Crippen molar-refractivity contribution in [2.45, 2.75) is 71.4 Å². The van der Waals surface area contributed by atoms with Gasteiger partial charge in [0, 0.05) is 36.6 Å². The van der Waals surface area contributed by atoms with Crippen molar-refractivity contribution < 1.29 is 27.5 Å². The minimum atomic E-state index is -4.38. The fraction of sp³-hybridized carbons (Fsp3) is 0.519. The first-order valence-electron chi connectivity index (χ1n) is 13.3. The highest BCUT2D eigenvalue weighted by Gasteiger charge is 2.44. The molecule has 2 aromatic heterocycles. The molecule has 4 N–H and O–H groups in total. The second-order valence-electron chi connectivity index (χ2n) is 10.5. The molecule has 0 aliphatic carbocycles. The molecule has 1 saturated heterocycles. The number of aromatic amines is 1. The van der Waals surface area contributed by atoms with Crippen molar-refractivity contribution in [2.75, 3.05) is 13.1 Å². The van der Waals surface area contributed by atoms with E-state index >= 15 is 0 Å². The Hall–Kier alpha value is -3.22. The van der Waals surface area contributed by atoms with Gasteiger partial charge < -0.3 is 20.2 Å². The van der Waals surface area contributed by atoms with Crippen LogP contribution in [0.15, 0.2) is 34.9 Å². The predicted molar refractivity (Wildman–Crippen MR) is 146 cm³/mol. The van der Waals surface area contributed by atoms with Gasteiger partial charge >= 0.3 is 16.2 Å². The van der Waals surface area contributed by atoms with Gasteiger partial charge in [-0.2, -0.15) is 12.7 Å². The summed E-state index contributed by atoms with van der Waals surface area (Å²) in [5.41, 5.74) is 7.55. The molecule has 39 heavy (non-hydrogen) atoms. The molecule has 0 radical (unpaired) electrons. The van der Waals surface area contributed by atoms with Gasteiger partial charge in [-0.25, -0.2) is 14.1 Å². The van der Waals surface area contributed by atoms with Gasteiger partial charge in [0.2, 0.25) is 5.89 Å². The number of nitrogens with zero attached hydrogens (tertiary/aromatic N) is 3. The SMILES string of the molecule is Cc1oc([C@@H](Cc2c[nH]c3ccccc23)N(C(=O)[C@@H](N)CC(C)C)S(=O)(=O)N2CCCCCC2)nc1C(=O)O. The Morgan fingerprint density at radius 2 is 1.85 bits per heavy atom. The summed E-state index contributed by atoms with van der Waals surface area (Å²) in [5, 5.41) is 10.5. The van der Waals surface area contributed by atoms with Crippen LogP contribution in [0.2, 0.25) is 0 Å². The van der Waals surface area contributed by atoms with Crippen LogP contribution in [0, 0.1) is 12.8 Å². The molecule has 11 nitrogen and oxygen atoms in total. The number of nitrogens with two attached hydrogens (primary N) is 1. The molecule has 1 aromatic carbocycles. The maximum atomic E-state index is 14.3. The van der Waals surface area contributed by atoms with E-state index in [9.17, 15) is 23.1 Å². The highest BCUT2D eigenvalue weighted by Crippen LogP contribution is 2.34. The van der Waals surface area contributed by atoms with E-state index in [1.54, 1.807) is 6.20 Å². The first-order valence-corrected chi connectivity index (χ1v) is 14.7. The molecule has 12 heteroatoms. The fourth-order valence-electron chi connectivity index (χ4n) is 5.13. The first-order chi connectivity index (χ1) is 18.5. The largest absolute Gasteiger partial charge is 0.476 e. The Morgan fingerprint density at radius 3 is 2.46 bits per heavy atom. The summed E-state index contributed by atoms with van der Waals surface area (Å²) < 4.78 is 36.5. The maximum Gasteiger partial charge on any atom is 0.358 e. The summed E-state index contributed by atoms with van der Waals surface area (Å²) in [6.45, 7) is 5.80. The van der Waals surface area contributed by atoms with E-state index in [-0.39, 0.29) is 49.2 Å². The molecule has 3 heterocycles. The van der Waals surface area contributed by atoms with Crippen molar-refractivity contribution in [2.24, 2.45) is 11.7 Å². The molecule has 3 aromatic rings. The lowest BCUT2D eigenvalue weighted by Crippen LogP contribution is -2.54. The zero-order chi connectivity index (χ0) is 28.3. The van der Waals surface area contributed by atoms with Crippen LogP contribution >= 0.6 is 0 Å². The first kappa shape index (κ1) is 28.8. The van der Waals surface area contributed by atoms with Gasteiger partial charge in [0.25, 0.3) is 5.91 Å². The zero-order valence-electron chi connectivity index (χ0n) is 22.6. The number of carboxylic acid groups (broad SMARTS) is 1. The molecule has 212 valence electrons. The van der Waals surface area contributed by atoms with Gasteiger partial charge in [0.15, 0.2) is 5.69 Å². The number of para-hydroxylation sites is 1. The van der Waals surface area contributed by atoms with Crippen molar-refractivity contribution in [1.29, 1.82) is 0 Å². The van der Waals surface area contributed by atoms with Crippen molar-refractivity contribution in [3.63, 3.8) is 0 Å². The van der Waals surface area contributed by atoms with Crippen molar-refractivity contribution in [1.82, 2.24) is 18.6 Å². The van der Waals surface area contributed by atoms with Gasteiger partial charge in [0.1, 0.15) is 11.8 Å². The number of amides is 1. The number of hydrogen-bond acceptors (Lipinski definition) is 7. The van der Waals surface area contributed by atoms with Crippen LogP contribution in [0.4, 0.5) is 0 Å². The molecular formula is C27H37N5O6S. The molecule has 2 atom stereocenters. The van der Waals surface area contributed by atoms with Crippen molar-refractivity contribution in [3.8, 4) is 0 Å². The molecule has 0 saturated carbocycles. The Balaban J connectivity index is 1.89. The van der Waals surface area contributed by atoms with E-state index in [1.807, 2.05) is 38.1 Å².